The molecule has 0 atom stereocenters. The van der Waals surface area contributed by atoms with Crippen LogP contribution in [0.5, 0.6) is 5.75 Å². The second-order valence-electron chi connectivity index (χ2n) is 8.56. The Morgan fingerprint density at radius 1 is 0.759 bits per heavy atom. The third kappa shape index (κ3) is 7.28. The van der Waals surface area contributed by atoms with Crippen molar-refractivity contribution in [2.24, 2.45) is 11.8 Å². The standard InChI is InChI=1S/C28H36O/c1-3-5-7-24-8-10-25(11-9-24)12-13-26-18-20-28(21-19-26)29-22-27-16-14-23(6-4-2)15-17-27/h8-11,18-21,23,27H,3-7,14-17,22H2,1-2H3. The van der Waals surface area contributed by atoms with Gasteiger partial charge in [-0.25, -0.2) is 0 Å². The largest absolute Gasteiger partial charge is 0.493 e. The van der Waals surface area contributed by atoms with Crippen LogP contribution in [0.15, 0.2) is 48.5 Å². The van der Waals surface area contributed by atoms with Crippen LogP contribution in [0.25, 0.3) is 0 Å². The molecule has 0 spiro atoms. The molecule has 0 radical (unpaired) electrons. The number of aryl methyl sites for hydroxylation is 1. The second-order valence-corrected chi connectivity index (χ2v) is 8.56. The SMILES string of the molecule is CCCCc1ccc(C#Cc2ccc(OCC3CCC(CCC)CC3)cc2)cc1. The molecule has 2 aromatic carbocycles. The van der Waals surface area contributed by atoms with Gasteiger partial charge in [-0.2, -0.15) is 0 Å². The normalized spacial score (nSPS) is 18.7. The number of hydrogen-bond donors (Lipinski definition) is 0. The Balaban J connectivity index is 1.45. The molecule has 0 bridgehead atoms. The van der Waals surface area contributed by atoms with Crippen molar-refractivity contribution < 1.29 is 4.74 Å². The maximum absolute atomic E-state index is 6.06. The summed E-state index contributed by atoms with van der Waals surface area (Å²) in [5, 5.41) is 0. The van der Waals surface area contributed by atoms with E-state index in [-0.39, 0.29) is 0 Å². The van der Waals surface area contributed by atoms with E-state index in [4.69, 9.17) is 4.74 Å². The summed E-state index contributed by atoms with van der Waals surface area (Å²) in [5.41, 5.74) is 3.51. The van der Waals surface area contributed by atoms with Crippen molar-refractivity contribution in [1.29, 1.82) is 0 Å². The van der Waals surface area contributed by atoms with Gasteiger partial charge in [-0.1, -0.05) is 69.9 Å². The molecule has 0 aromatic heterocycles. The molecular weight excluding hydrogens is 352 g/mol. The van der Waals surface area contributed by atoms with Crippen molar-refractivity contribution in [3.63, 3.8) is 0 Å². The van der Waals surface area contributed by atoms with Gasteiger partial charge in [0.05, 0.1) is 6.61 Å². The fourth-order valence-electron chi connectivity index (χ4n) is 4.22. The first-order valence-corrected chi connectivity index (χ1v) is 11.6. The van der Waals surface area contributed by atoms with Crippen molar-refractivity contribution in [2.45, 2.75) is 71.6 Å². The van der Waals surface area contributed by atoms with Crippen molar-refractivity contribution in [3.8, 4) is 17.6 Å². The van der Waals surface area contributed by atoms with E-state index in [1.807, 2.05) is 0 Å². The van der Waals surface area contributed by atoms with Gasteiger partial charge in [0.25, 0.3) is 0 Å². The summed E-state index contributed by atoms with van der Waals surface area (Å²) in [7, 11) is 0. The van der Waals surface area contributed by atoms with Crippen LogP contribution in [0, 0.1) is 23.7 Å². The van der Waals surface area contributed by atoms with E-state index in [1.54, 1.807) is 0 Å². The van der Waals surface area contributed by atoms with E-state index in [0.717, 1.165) is 41.7 Å². The third-order valence-electron chi connectivity index (χ3n) is 6.13. The zero-order chi connectivity index (χ0) is 20.3. The molecule has 1 aliphatic rings. The lowest BCUT2D eigenvalue weighted by atomic mass is 9.80. The van der Waals surface area contributed by atoms with Gasteiger partial charge in [0, 0.05) is 11.1 Å². The summed E-state index contributed by atoms with van der Waals surface area (Å²) in [4.78, 5) is 0. The Labute approximate surface area is 177 Å². The van der Waals surface area contributed by atoms with E-state index in [9.17, 15) is 0 Å². The zero-order valence-electron chi connectivity index (χ0n) is 18.3. The Kier molecular flexibility index (Phi) is 8.69. The van der Waals surface area contributed by atoms with Crippen LogP contribution in [-0.2, 0) is 6.42 Å². The molecule has 0 unspecified atom stereocenters. The number of rotatable bonds is 8. The number of hydrogen-bond acceptors (Lipinski definition) is 1. The van der Waals surface area contributed by atoms with Gasteiger partial charge in [0.15, 0.2) is 0 Å². The lowest BCUT2D eigenvalue weighted by Crippen LogP contribution is -2.20. The van der Waals surface area contributed by atoms with Crippen LogP contribution in [0.4, 0.5) is 0 Å². The maximum atomic E-state index is 6.06. The highest BCUT2D eigenvalue weighted by molar-refractivity contribution is 5.44. The maximum Gasteiger partial charge on any atom is 0.119 e. The van der Waals surface area contributed by atoms with Crippen molar-refractivity contribution in [3.05, 3.63) is 65.2 Å². The zero-order valence-corrected chi connectivity index (χ0v) is 18.3. The van der Waals surface area contributed by atoms with Gasteiger partial charge >= 0.3 is 0 Å². The lowest BCUT2D eigenvalue weighted by molar-refractivity contribution is 0.178. The minimum atomic E-state index is 0.725. The predicted octanol–water partition coefficient (Wildman–Crippen LogP) is 7.41. The minimum absolute atomic E-state index is 0.725. The van der Waals surface area contributed by atoms with Crippen LogP contribution in [-0.4, -0.2) is 6.61 Å². The quantitative estimate of drug-likeness (QED) is 0.428. The molecule has 0 N–H and O–H groups in total. The Hall–Kier alpha value is -2.20. The molecule has 1 saturated carbocycles. The smallest absolute Gasteiger partial charge is 0.119 e. The number of unbranched alkanes of at least 4 members (excludes halogenated alkanes) is 1. The van der Waals surface area contributed by atoms with Gasteiger partial charge in [-0.3, -0.25) is 0 Å². The molecule has 29 heavy (non-hydrogen) atoms. The molecule has 1 aliphatic carbocycles. The summed E-state index contributed by atoms with van der Waals surface area (Å²) in [5.74, 6) is 9.19. The minimum Gasteiger partial charge on any atom is -0.493 e. The average Bonchev–Trinajstić information content (AvgIpc) is 2.77. The first-order chi connectivity index (χ1) is 14.3. The summed E-state index contributed by atoms with van der Waals surface area (Å²) >= 11 is 0. The molecule has 1 heteroatoms. The summed E-state index contributed by atoms with van der Waals surface area (Å²) in [6.45, 7) is 5.39. The van der Waals surface area contributed by atoms with Crippen molar-refractivity contribution in [2.75, 3.05) is 6.61 Å². The Bertz CT molecular complexity index is 768. The molecule has 0 amide bonds. The van der Waals surface area contributed by atoms with Crippen LogP contribution in [0.1, 0.15) is 81.9 Å². The van der Waals surface area contributed by atoms with Crippen LogP contribution in [0.2, 0.25) is 0 Å². The van der Waals surface area contributed by atoms with Gasteiger partial charge in [0.2, 0.25) is 0 Å². The summed E-state index contributed by atoms with van der Waals surface area (Å²) < 4.78 is 6.06. The molecule has 0 heterocycles. The lowest BCUT2D eigenvalue weighted by Gasteiger charge is -2.28. The highest BCUT2D eigenvalue weighted by Crippen LogP contribution is 2.31. The number of ether oxygens (including phenoxy) is 1. The van der Waals surface area contributed by atoms with E-state index >= 15 is 0 Å². The van der Waals surface area contributed by atoms with Crippen LogP contribution >= 0.6 is 0 Å². The molecular formula is C28H36O. The van der Waals surface area contributed by atoms with E-state index < -0.39 is 0 Å². The van der Waals surface area contributed by atoms with Gasteiger partial charge in [-0.15, -0.1) is 0 Å². The molecule has 0 saturated heterocycles. The average molecular weight is 389 g/mol. The summed E-state index contributed by atoms with van der Waals surface area (Å²) in [6.07, 6.45) is 11.8. The van der Waals surface area contributed by atoms with Gasteiger partial charge in [0.1, 0.15) is 5.75 Å². The van der Waals surface area contributed by atoms with E-state index in [1.165, 1.54) is 56.9 Å². The molecule has 2 aromatic rings. The molecule has 3 rings (SSSR count). The van der Waals surface area contributed by atoms with Gasteiger partial charge < -0.3 is 4.74 Å². The second kappa shape index (κ2) is 11.7. The fourth-order valence-corrected chi connectivity index (χ4v) is 4.22. The number of benzene rings is 2. The van der Waals surface area contributed by atoms with Crippen LogP contribution < -0.4 is 4.74 Å². The Morgan fingerprint density at radius 3 is 1.93 bits per heavy atom. The predicted molar refractivity (Wildman–Crippen MR) is 123 cm³/mol. The highest BCUT2D eigenvalue weighted by Gasteiger charge is 2.20. The van der Waals surface area contributed by atoms with Crippen molar-refractivity contribution >= 4 is 0 Å². The molecule has 154 valence electrons. The topological polar surface area (TPSA) is 9.23 Å². The molecule has 1 nitrogen and oxygen atoms in total. The van der Waals surface area contributed by atoms with E-state index in [2.05, 4.69) is 74.2 Å². The summed E-state index contributed by atoms with van der Waals surface area (Å²) in [6, 6.07) is 16.9. The Morgan fingerprint density at radius 2 is 1.34 bits per heavy atom. The fraction of sp³-hybridized carbons (Fsp3) is 0.500. The molecule has 1 fully saturated rings. The van der Waals surface area contributed by atoms with E-state index in [0.29, 0.717) is 0 Å². The monoisotopic (exact) mass is 388 g/mol. The molecule has 0 aliphatic heterocycles. The van der Waals surface area contributed by atoms with Crippen LogP contribution in [0.3, 0.4) is 0 Å². The third-order valence-corrected chi connectivity index (χ3v) is 6.13. The first kappa shape index (κ1) is 21.5. The van der Waals surface area contributed by atoms with Gasteiger partial charge in [-0.05, 0) is 79.5 Å². The van der Waals surface area contributed by atoms with Crippen molar-refractivity contribution in [1.82, 2.24) is 0 Å². The highest BCUT2D eigenvalue weighted by atomic mass is 16.5. The first-order valence-electron chi connectivity index (χ1n) is 11.6.